The highest BCUT2D eigenvalue weighted by molar-refractivity contribution is 14.0. The van der Waals surface area contributed by atoms with E-state index in [-0.39, 0.29) is 30.1 Å². The number of nitrogens with zero attached hydrogens (tertiary/aromatic N) is 3. The summed E-state index contributed by atoms with van der Waals surface area (Å²) in [5.41, 5.74) is 1.93. The summed E-state index contributed by atoms with van der Waals surface area (Å²) in [5, 5.41) is 6.50. The second-order valence-corrected chi connectivity index (χ2v) is 6.52. The normalized spacial score (nSPS) is 14.7. The maximum atomic E-state index is 6.08. The molecule has 1 aliphatic rings. The molecule has 3 rings (SSSR count). The summed E-state index contributed by atoms with van der Waals surface area (Å²) < 4.78 is 11.7. The van der Waals surface area contributed by atoms with Gasteiger partial charge in [0.05, 0.1) is 12.2 Å². The maximum Gasteiger partial charge on any atom is 0.218 e. The van der Waals surface area contributed by atoms with Crippen LogP contribution in [0, 0.1) is 13.8 Å². The van der Waals surface area contributed by atoms with E-state index in [1.807, 2.05) is 26.0 Å². The highest BCUT2D eigenvalue weighted by Gasteiger charge is 2.18. The van der Waals surface area contributed by atoms with Crippen molar-refractivity contribution in [1.82, 2.24) is 20.6 Å². The van der Waals surface area contributed by atoms with E-state index in [4.69, 9.17) is 9.15 Å². The smallest absolute Gasteiger partial charge is 0.218 e. The number of halogens is 1. The van der Waals surface area contributed by atoms with Crippen LogP contribution in [0.4, 0.5) is 0 Å². The van der Waals surface area contributed by atoms with Gasteiger partial charge in [0.2, 0.25) is 11.8 Å². The van der Waals surface area contributed by atoms with Crippen LogP contribution in [0.1, 0.15) is 48.6 Å². The van der Waals surface area contributed by atoms with Gasteiger partial charge in [0, 0.05) is 25.4 Å². The van der Waals surface area contributed by atoms with Crippen molar-refractivity contribution < 1.29 is 9.15 Å². The number of oxazole rings is 1. The van der Waals surface area contributed by atoms with E-state index >= 15 is 0 Å². The van der Waals surface area contributed by atoms with Crippen molar-refractivity contribution in [1.29, 1.82) is 0 Å². The van der Waals surface area contributed by atoms with Crippen LogP contribution in [-0.2, 0) is 13.1 Å². The molecule has 0 bridgehead atoms. The molecule has 0 amide bonds. The molecule has 0 aromatic carbocycles. The van der Waals surface area contributed by atoms with Gasteiger partial charge in [0.15, 0.2) is 5.96 Å². The number of ether oxygens (including phenoxy) is 1. The van der Waals surface area contributed by atoms with E-state index in [0.29, 0.717) is 30.8 Å². The van der Waals surface area contributed by atoms with Crippen molar-refractivity contribution in [3.63, 3.8) is 0 Å². The van der Waals surface area contributed by atoms with Crippen molar-refractivity contribution in [2.24, 2.45) is 4.99 Å². The first-order valence-electron chi connectivity index (χ1n) is 9.13. The molecule has 2 aromatic heterocycles. The number of rotatable bonds is 6. The molecule has 0 unspecified atom stereocenters. The number of hydrogen-bond acceptors (Lipinski definition) is 5. The van der Waals surface area contributed by atoms with Crippen molar-refractivity contribution >= 4 is 29.9 Å². The van der Waals surface area contributed by atoms with E-state index in [9.17, 15) is 0 Å². The lowest BCUT2D eigenvalue weighted by Gasteiger charge is -2.16. The number of hydrogen-bond donors (Lipinski definition) is 2. The molecule has 0 aliphatic heterocycles. The number of aryl methyl sites for hydroxylation is 2. The van der Waals surface area contributed by atoms with Gasteiger partial charge in [0.25, 0.3) is 0 Å². The molecule has 8 heteroatoms. The molecular weight excluding hydrogens is 457 g/mol. The molecule has 2 heterocycles. The van der Waals surface area contributed by atoms with Crippen molar-refractivity contribution in [3.8, 4) is 5.88 Å². The predicted molar refractivity (Wildman–Crippen MR) is 116 cm³/mol. The standard InChI is InChI=1S/C19H27N5O2.HI/c1-13-14(2)25-17(24-13)12-23-19(20-3)22-11-15-7-6-10-21-18(15)26-16-8-4-5-9-16;/h6-7,10,16H,4-5,8-9,11-12H2,1-3H3,(H2,20,22,23);1H. The van der Waals surface area contributed by atoms with E-state index in [2.05, 4.69) is 25.6 Å². The fourth-order valence-corrected chi connectivity index (χ4v) is 3.00. The lowest BCUT2D eigenvalue weighted by Crippen LogP contribution is -2.36. The monoisotopic (exact) mass is 485 g/mol. The van der Waals surface area contributed by atoms with Crippen LogP contribution in [-0.4, -0.2) is 29.1 Å². The molecule has 0 saturated heterocycles. The Bertz CT molecular complexity index is 737. The second kappa shape index (κ2) is 10.5. The summed E-state index contributed by atoms with van der Waals surface area (Å²) in [6.45, 7) is 4.91. The van der Waals surface area contributed by atoms with E-state index in [1.54, 1.807) is 13.2 Å². The zero-order chi connectivity index (χ0) is 18.4. The fraction of sp³-hybridized carbons (Fsp3) is 0.526. The molecule has 148 valence electrons. The van der Waals surface area contributed by atoms with Gasteiger partial charge in [0.1, 0.15) is 11.9 Å². The van der Waals surface area contributed by atoms with Gasteiger partial charge in [-0.2, -0.15) is 0 Å². The molecule has 1 aliphatic carbocycles. The Morgan fingerprint density at radius 1 is 1.26 bits per heavy atom. The first-order chi connectivity index (χ1) is 12.7. The molecule has 0 radical (unpaired) electrons. The van der Waals surface area contributed by atoms with Gasteiger partial charge in [-0.3, -0.25) is 4.99 Å². The van der Waals surface area contributed by atoms with Crippen LogP contribution in [0.3, 0.4) is 0 Å². The molecule has 1 saturated carbocycles. The third-order valence-corrected chi connectivity index (χ3v) is 4.58. The number of guanidine groups is 1. The van der Waals surface area contributed by atoms with Gasteiger partial charge in [-0.05, 0) is 45.6 Å². The van der Waals surface area contributed by atoms with Crippen LogP contribution in [0.15, 0.2) is 27.7 Å². The zero-order valence-electron chi connectivity index (χ0n) is 16.1. The molecular formula is C19H28IN5O2. The molecule has 7 nitrogen and oxygen atoms in total. The summed E-state index contributed by atoms with van der Waals surface area (Å²) in [6, 6.07) is 3.95. The fourth-order valence-electron chi connectivity index (χ4n) is 3.00. The summed E-state index contributed by atoms with van der Waals surface area (Å²) in [5.74, 6) is 2.87. The minimum atomic E-state index is 0. The largest absolute Gasteiger partial charge is 0.474 e. The van der Waals surface area contributed by atoms with Crippen LogP contribution < -0.4 is 15.4 Å². The topological polar surface area (TPSA) is 84.6 Å². The summed E-state index contributed by atoms with van der Waals surface area (Å²) in [4.78, 5) is 13.0. The van der Waals surface area contributed by atoms with Gasteiger partial charge in [-0.15, -0.1) is 24.0 Å². The molecule has 2 aromatic rings. The Balaban J connectivity index is 0.00000261. The third-order valence-electron chi connectivity index (χ3n) is 4.58. The summed E-state index contributed by atoms with van der Waals surface area (Å²) >= 11 is 0. The Kier molecular flexibility index (Phi) is 8.33. The molecule has 0 spiro atoms. The van der Waals surface area contributed by atoms with Gasteiger partial charge in [-0.1, -0.05) is 6.07 Å². The van der Waals surface area contributed by atoms with Crippen molar-refractivity contribution in [3.05, 3.63) is 41.2 Å². The lowest BCUT2D eigenvalue weighted by atomic mass is 10.2. The van der Waals surface area contributed by atoms with Crippen LogP contribution in [0.5, 0.6) is 5.88 Å². The van der Waals surface area contributed by atoms with Crippen LogP contribution in [0.25, 0.3) is 0 Å². The number of aliphatic imine (C=N–C) groups is 1. The quantitative estimate of drug-likeness (QED) is 0.370. The molecule has 0 atom stereocenters. The van der Waals surface area contributed by atoms with E-state index in [0.717, 1.165) is 29.9 Å². The van der Waals surface area contributed by atoms with Crippen molar-refractivity contribution in [2.75, 3.05) is 7.05 Å². The minimum absolute atomic E-state index is 0. The molecule has 27 heavy (non-hydrogen) atoms. The first kappa shape index (κ1) is 21.5. The average Bonchev–Trinajstić information content (AvgIpc) is 3.26. The summed E-state index contributed by atoms with van der Waals surface area (Å²) in [7, 11) is 1.74. The van der Waals surface area contributed by atoms with Crippen LogP contribution >= 0.6 is 24.0 Å². The average molecular weight is 485 g/mol. The predicted octanol–water partition coefficient (Wildman–Crippen LogP) is 3.49. The SMILES string of the molecule is CN=C(NCc1nc(C)c(C)o1)NCc1cccnc1OC1CCCC1.I. The number of aromatic nitrogens is 2. The lowest BCUT2D eigenvalue weighted by molar-refractivity contribution is 0.199. The van der Waals surface area contributed by atoms with E-state index in [1.165, 1.54) is 12.8 Å². The molecule has 2 N–H and O–H groups in total. The zero-order valence-corrected chi connectivity index (χ0v) is 18.4. The maximum absolute atomic E-state index is 6.08. The van der Waals surface area contributed by atoms with Gasteiger partial charge in [-0.25, -0.2) is 9.97 Å². The van der Waals surface area contributed by atoms with Gasteiger partial charge < -0.3 is 19.8 Å². The third kappa shape index (κ3) is 6.08. The Hall–Kier alpha value is -1.84. The number of pyridine rings is 1. The first-order valence-corrected chi connectivity index (χ1v) is 9.13. The van der Waals surface area contributed by atoms with E-state index < -0.39 is 0 Å². The second-order valence-electron chi connectivity index (χ2n) is 6.52. The Morgan fingerprint density at radius 3 is 2.67 bits per heavy atom. The number of nitrogens with one attached hydrogen (secondary N) is 2. The summed E-state index contributed by atoms with van der Waals surface area (Å²) in [6.07, 6.45) is 6.76. The molecule has 1 fully saturated rings. The van der Waals surface area contributed by atoms with Crippen LogP contribution in [0.2, 0.25) is 0 Å². The Labute approximate surface area is 177 Å². The highest BCUT2D eigenvalue weighted by atomic mass is 127. The highest BCUT2D eigenvalue weighted by Crippen LogP contribution is 2.24. The Morgan fingerprint density at radius 2 is 2.00 bits per heavy atom. The minimum Gasteiger partial charge on any atom is -0.474 e. The van der Waals surface area contributed by atoms with Crippen molar-refractivity contribution in [2.45, 2.75) is 58.7 Å². The van der Waals surface area contributed by atoms with Gasteiger partial charge >= 0.3 is 0 Å².